The molecule has 0 aromatic rings. The van der Waals surface area contributed by atoms with E-state index in [1.165, 1.54) is 21.6 Å². The highest BCUT2D eigenvalue weighted by Crippen LogP contribution is 2.51. The second-order valence-corrected chi connectivity index (χ2v) is 8.69. The van der Waals surface area contributed by atoms with Gasteiger partial charge in [0.15, 0.2) is 0 Å². The lowest BCUT2D eigenvalue weighted by Gasteiger charge is -2.42. The Morgan fingerprint density at radius 1 is 0.571 bits per heavy atom. The molecule has 0 bridgehead atoms. The van der Waals surface area contributed by atoms with E-state index in [4.69, 9.17) is 28.4 Å². The molecule has 28 heavy (non-hydrogen) atoms. The maximum atomic E-state index is 6.10. The third-order valence-corrected chi connectivity index (χ3v) is 7.48. The molecular formula is C18H36O6S2Si2. The van der Waals surface area contributed by atoms with E-state index in [2.05, 4.69) is 20.5 Å². The molecule has 0 aliphatic heterocycles. The molecule has 0 N–H and O–H groups in total. The maximum absolute atomic E-state index is 6.10. The molecule has 0 heterocycles. The molecule has 6 radical (unpaired) electrons. The second kappa shape index (κ2) is 16.6. The van der Waals surface area contributed by atoms with Crippen LogP contribution in [0.3, 0.4) is 0 Å². The Morgan fingerprint density at radius 3 is 1.04 bits per heavy atom. The Kier molecular flexibility index (Phi) is 17.1. The van der Waals surface area contributed by atoms with Gasteiger partial charge in [0, 0.05) is 60.1 Å². The van der Waals surface area contributed by atoms with E-state index in [1.807, 2.05) is 41.5 Å². The van der Waals surface area contributed by atoms with Gasteiger partial charge in [0.2, 0.25) is 0 Å². The van der Waals surface area contributed by atoms with Crippen LogP contribution in [0.2, 0.25) is 12.1 Å². The Hall–Kier alpha value is 0.894. The minimum absolute atomic E-state index is 0.318. The van der Waals surface area contributed by atoms with Gasteiger partial charge in [-0.15, -0.1) is 0 Å². The van der Waals surface area contributed by atoms with Crippen LogP contribution in [0.5, 0.6) is 0 Å². The van der Waals surface area contributed by atoms with Crippen molar-refractivity contribution in [2.45, 2.75) is 76.1 Å². The van der Waals surface area contributed by atoms with Crippen LogP contribution in [-0.4, -0.2) is 82.6 Å². The summed E-state index contributed by atoms with van der Waals surface area (Å²) < 4.78 is 36.3. The van der Waals surface area contributed by atoms with Gasteiger partial charge in [-0.25, -0.2) is 0 Å². The molecule has 0 fully saturated rings. The van der Waals surface area contributed by atoms with E-state index in [9.17, 15) is 0 Å². The molecule has 2 atom stereocenters. The summed E-state index contributed by atoms with van der Waals surface area (Å²) in [5, 5.41) is -2.04. The summed E-state index contributed by atoms with van der Waals surface area (Å²) in [6, 6.07) is 1.12. The number of hydrogen-bond donors (Lipinski definition) is 0. The normalized spacial score (nSPS) is 15.0. The molecule has 0 aromatic carbocycles. The fourth-order valence-electron chi connectivity index (χ4n) is 2.55. The fraction of sp³-hybridized carbons (Fsp3) is 1.00. The minimum Gasteiger partial charge on any atom is -0.372 e. The average molecular weight is 469 g/mol. The van der Waals surface area contributed by atoms with Crippen LogP contribution in [0.25, 0.3) is 0 Å². The summed E-state index contributed by atoms with van der Waals surface area (Å²) in [4.78, 5) is 0. The molecule has 0 saturated carbocycles. The van der Waals surface area contributed by atoms with Crippen molar-refractivity contribution < 1.29 is 28.4 Å². The predicted molar refractivity (Wildman–Crippen MR) is 119 cm³/mol. The quantitative estimate of drug-likeness (QED) is 0.161. The molecule has 164 valence electrons. The van der Waals surface area contributed by atoms with Crippen molar-refractivity contribution in [1.29, 1.82) is 0 Å². The van der Waals surface area contributed by atoms with Gasteiger partial charge in [-0.05, 0) is 75.2 Å². The van der Waals surface area contributed by atoms with Crippen LogP contribution >= 0.6 is 21.6 Å². The van der Waals surface area contributed by atoms with Crippen molar-refractivity contribution in [1.82, 2.24) is 0 Å². The molecule has 0 saturated heterocycles. The molecule has 0 aliphatic rings. The van der Waals surface area contributed by atoms with Crippen molar-refractivity contribution in [2.24, 2.45) is 0 Å². The topological polar surface area (TPSA) is 55.4 Å². The number of ether oxygens (including phenoxy) is 6. The van der Waals surface area contributed by atoms with Gasteiger partial charge in [-0.1, -0.05) is 0 Å². The van der Waals surface area contributed by atoms with Crippen LogP contribution in [0, 0.1) is 0 Å². The van der Waals surface area contributed by atoms with Gasteiger partial charge in [-0.2, -0.15) is 0 Å². The average Bonchev–Trinajstić information content (AvgIpc) is 2.68. The Labute approximate surface area is 186 Å². The van der Waals surface area contributed by atoms with Crippen molar-refractivity contribution in [3.05, 3.63) is 0 Å². The number of rotatable bonds is 19. The Morgan fingerprint density at radius 2 is 0.857 bits per heavy atom. The number of hydrogen-bond acceptors (Lipinski definition) is 8. The molecule has 10 heteroatoms. The molecular weight excluding hydrogens is 432 g/mol. The standard InChI is InChI=1S/C18H36O6S2Si2/c1-7-19-15(13-27)17(21-9-3,22-10-4)25-26-18(23-11-5,24-12-6)16(14-28)20-8-2/h15-16H,7-14H2,1-6H3. The van der Waals surface area contributed by atoms with Crippen LogP contribution in [0.1, 0.15) is 41.5 Å². The fourth-order valence-corrected chi connectivity index (χ4v) is 6.95. The van der Waals surface area contributed by atoms with Crippen LogP contribution < -0.4 is 0 Å². The summed E-state index contributed by atoms with van der Waals surface area (Å²) in [5.74, 6) is 0. The monoisotopic (exact) mass is 468 g/mol. The molecule has 0 rings (SSSR count). The van der Waals surface area contributed by atoms with Crippen molar-refractivity contribution in [3.8, 4) is 0 Å². The first-order valence-electron chi connectivity index (χ1n) is 9.94. The van der Waals surface area contributed by atoms with Gasteiger partial charge >= 0.3 is 0 Å². The van der Waals surface area contributed by atoms with Gasteiger partial charge in [-0.3, -0.25) is 0 Å². The summed E-state index contributed by atoms with van der Waals surface area (Å²) >= 11 is 0. The van der Waals surface area contributed by atoms with Crippen LogP contribution in [-0.2, 0) is 28.4 Å². The van der Waals surface area contributed by atoms with Gasteiger partial charge in [0.1, 0.15) is 12.2 Å². The van der Waals surface area contributed by atoms with Crippen LogP contribution in [0.4, 0.5) is 0 Å². The van der Waals surface area contributed by atoms with E-state index in [0.29, 0.717) is 51.7 Å². The molecule has 0 amide bonds. The first-order chi connectivity index (χ1) is 13.5. The van der Waals surface area contributed by atoms with E-state index in [0.717, 1.165) is 0 Å². The highest BCUT2D eigenvalue weighted by atomic mass is 33.1. The lowest BCUT2D eigenvalue weighted by molar-refractivity contribution is -0.226. The van der Waals surface area contributed by atoms with E-state index >= 15 is 0 Å². The highest BCUT2D eigenvalue weighted by Gasteiger charge is 2.49. The predicted octanol–water partition coefficient (Wildman–Crippen LogP) is 3.81. The summed E-state index contributed by atoms with van der Waals surface area (Å²) in [6.07, 6.45) is -0.636. The zero-order valence-electron chi connectivity index (χ0n) is 18.1. The molecule has 0 aliphatic carbocycles. The Bertz CT molecular complexity index is 336. The molecule has 0 spiro atoms. The summed E-state index contributed by atoms with van der Waals surface area (Å²) in [5.41, 5.74) is 0. The largest absolute Gasteiger partial charge is 0.372 e. The molecule has 0 aromatic heterocycles. The van der Waals surface area contributed by atoms with Gasteiger partial charge in [0.05, 0.1) is 0 Å². The lowest BCUT2D eigenvalue weighted by Crippen LogP contribution is -2.49. The van der Waals surface area contributed by atoms with Gasteiger partial charge < -0.3 is 28.4 Å². The van der Waals surface area contributed by atoms with Crippen molar-refractivity contribution in [2.75, 3.05) is 39.6 Å². The van der Waals surface area contributed by atoms with Crippen molar-refractivity contribution in [3.63, 3.8) is 0 Å². The minimum atomic E-state index is -1.02. The lowest BCUT2D eigenvalue weighted by atomic mass is 10.3. The molecule has 6 nitrogen and oxygen atoms in total. The maximum Gasteiger partial charge on any atom is 0.255 e. The smallest absolute Gasteiger partial charge is 0.255 e. The second-order valence-electron chi connectivity index (χ2n) is 5.40. The zero-order valence-corrected chi connectivity index (χ0v) is 21.7. The third-order valence-electron chi connectivity index (χ3n) is 3.55. The zero-order chi connectivity index (χ0) is 21.5. The van der Waals surface area contributed by atoms with Crippen molar-refractivity contribution >= 4 is 42.1 Å². The third kappa shape index (κ3) is 8.56. The summed E-state index contributed by atoms with van der Waals surface area (Å²) in [7, 11) is 10.0. The highest BCUT2D eigenvalue weighted by molar-refractivity contribution is 8.77. The van der Waals surface area contributed by atoms with E-state index in [1.54, 1.807) is 0 Å². The van der Waals surface area contributed by atoms with E-state index in [-0.39, 0.29) is 12.2 Å². The van der Waals surface area contributed by atoms with Crippen LogP contribution in [0.15, 0.2) is 0 Å². The van der Waals surface area contributed by atoms with Gasteiger partial charge in [0.25, 0.3) is 10.2 Å². The summed E-state index contributed by atoms with van der Waals surface area (Å²) in [6.45, 7) is 14.7. The Balaban J connectivity index is 5.85. The first kappa shape index (κ1) is 28.9. The first-order valence-corrected chi connectivity index (χ1v) is 13.5. The molecule has 2 unspecified atom stereocenters. The van der Waals surface area contributed by atoms with E-state index < -0.39 is 10.2 Å². The SMILES string of the molecule is CCOC(C[Si])C(OCC)(OCC)SSC(OCC)(OCC)C(C[Si])OCC.